The van der Waals surface area contributed by atoms with Crippen LogP contribution in [0.3, 0.4) is 0 Å². The third-order valence-electron chi connectivity index (χ3n) is 1.37. The van der Waals surface area contributed by atoms with Crippen molar-refractivity contribution in [3.63, 3.8) is 0 Å². The van der Waals surface area contributed by atoms with Crippen molar-refractivity contribution in [2.24, 2.45) is 0 Å². The summed E-state index contributed by atoms with van der Waals surface area (Å²) in [5.74, 6) is -0.805. The van der Waals surface area contributed by atoms with Crippen LogP contribution in [-0.4, -0.2) is 16.0 Å². The lowest BCUT2D eigenvalue weighted by Crippen LogP contribution is -2.11. The van der Waals surface area contributed by atoms with Gasteiger partial charge in [-0.25, -0.2) is 0 Å². The molecule has 0 radical (unpaired) electrons. The molecule has 0 bridgehead atoms. The van der Waals surface area contributed by atoms with Gasteiger partial charge in [0.25, 0.3) is 0 Å². The number of hydrogen-bond donors (Lipinski definition) is 1. The van der Waals surface area contributed by atoms with Crippen molar-refractivity contribution >= 4 is 5.78 Å². The molecule has 0 fully saturated rings. The number of hydrogen-bond acceptors (Lipinski definition) is 2. The molecule has 1 aromatic rings. The molecule has 0 atom stereocenters. The van der Waals surface area contributed by atoms with Crippen LogP contribution in [0, 0.1) is 0 Å². The van der Waals surface area contributed by atoms with Crippen molar-refractivity contribution in [2.75, 3.05) is 0 Å². The van der Waals surface area contributed by atoms with Gasteiger partial charge in [-0.05, 0) is 6.08 Å². The van der Waals surface area contributed by atoms with E-state index >= 15 is 0 Å². The van der Waals surface area contributed by atoms with E-state index in [-0.39, 0.29) is 0 Å². The van der Waals surface area contributed by atoms with Gasteiger partial charge in [-0.15, -0.1) is 0 Å². The summed E-state index contributed by atoms with van der Waals surface area (Å²) < 4.78 is 36.4. The number of ketones is 1. The molecule has 1 N–H and O–H groups in total. The predicted octanol–water partition coefficient (Wildman–Crippen LogP) is 1.80. The standard InChI is InChI=1S/C7H5F3N2O/c1-2-5(13)4-3-11-12-6(4)7(8,9)10/h2-3H,1H2,(H,11,12). The van der Waals surface area contributed by atoms with Gasteiger partial charge in [0.2, 0.25) is 0 Å². The van der Waals surface area contributed by atoms with Crippen LogP contribution in [0.1, 0.15) is 16.1 Å². The van der Waals surface area contributed by atoms with Crippen LogP contribution in [0.15, 0.2) is 18.9 Å². The summed E-state index contributed by atoms with van der Waals surface area (Å²) in [6.07, 6.45) is -2.96. The molecule has 6 heteroatoms. The second-order valence-electron chi connectivity index (χ2n) is 2.22. The molecule has 1 rings (SSSR count). The predicted molar refractivity (Wildman–Crippen MR) is 38.1 cm³/mol. The van der Waals surface area contributed by atoms with Gasteiger partial charge in [0.1, 0.15) is 0 Å². The third kappa shape index (κ3) is 1.77. The Kier molecular flexibility index (Phi) is 2.22. The second-order valence-corrected chi connectivity index (χ2v) is 2.22. The first-order chi connectivity index (χ1) is 5.96. The molecule has 1 heterocycles. The van der Waals surface area contributed by atoms with Gasteiger partial charge in [-0.1, -0.05) is 6.58 Å². The van der Waals surface area contributed by atoms with E-state index in [2.05, 4.69) is 11.7 Å². The number of aromatic nitrogens is 2. The molecule has 0 saturated heterocycles. The van der Waals surface area contributed by atoms with Crippen LogP contribution in [0.2, 0.25) is 0 Å². The summed E-state index contributed by atoms with van der Waals surface area (Å²) in [5.41, 5.74) is -1.65. The highest BCUT2D eigenvalue weighted by atomic mass is 19.4. The van der Waals surface area contributed by atoms with E-state index in [1.807, 2.05) is 0 Å². The van der Waals surface area contributed by atoms with Crippen LogP contribution in [0.4, 0.5) is 13.2 Å². The van der Waals surface area contributed by atoms with Gasteiger partial charge in [-0.2, -0.15) is 18.3 Å². The van der Waals surface area contributed by atoms with Gasteiger partial charge < -0.3 is 0 Å². The number of rotatable bonds is 2. The zero-order valence-electron chi connectivity index (χ0n) is 6.35. The Labute approximate surface area is 71.3 Å². The minimum atomic E-state index is -4.59. The van der Waals surface area contributed by atoms with Crippen LogP contribution in [0.25, 0.3) is 0 Å². The third-order valence-corrected chi connectivity index (χ3v) is 1.37. The zero-order valence-corrected chi connectivity index (χ0v) is 6.35. The Morgan fingerprint density at radius 2 is 2.23 bits per heavy atom. The number of nitrogens with zero attached hydrogens (tertiary/aromatic N) is 1. The highest BCUT2D eigenvalue weighted by Gasteiger charge is 2.36. The van der Waals surface area contributed by atoms with Gasteiger partial charge in [0.15, 0.2) is 11.5 Å². The molecule has 0 spiro atoms. The molecule has 0 aliphatic rings. The number of carbonyl (C=O) groups is 1. The average molecular weight is 190 g/mol. The Balaban J connectivity index is 3.17. The summed E-state index contributed by atoms with van der Waals surface area (Å²) in [6, 6.07) is 0. The summed E-state index contributed by atoms with van der Waals surface area (Å²) in [5, 5.41) is 4.86. The molecule has 0 unspecified atom stereocenters. The van der Waals surface area contributed by atoms with E-state index in [1.54, 1.807) is 5.10 Å². The topological polar surface area (TPSA) is 45.8 Å². The van der Waals surface area contributed by atoms with E-state index in [4.69, 9.17) is 0 Å². The highest BCUT2D eigenvalue weighted by molar-refractivity contribution is 6.04. The Morgan fingerprint density at radius 1 is 1.62 bits per heavy atom. The summed E-state index contributed by atoms with van der Waals surface area (Å²) in [7, 11) is 0. The summed E-state index contributed by atoms with van der Waals surface area (Å²) >= 11 is 0. The summed E-state index contributed by atoms with van der Waals surface area (Å²) in [4.78, 5) is 10.9. The highest BCUT2D eigenvalue weighted by Crippen LogP contribution is 2.30. The number of carbonyl (C=O) groups excluding carboxylic acids is 1. The molecule has 3 nitrogen and oxygen atoms in total. The number of nitrogens with one attached hydrogen (secondary N) is 1. The quantitative estimate of drug-likeness (QED) is 0.570. The fraction of sp³-hybridized carbons (Fsp3) is 0.143. The number of H-pyrrole nitrogens is 1. The van der Waals surface area contributed by atoms with Crippen molar-refractivity contribution in [1.29, 1.82) is 0 Å². The van der Waals surface area contributed by atoms with Crippen LogP contribution in [0.5, 0.6) is 0 Å². The summed E-state index contributed by atoms with van der Waals surface area (Å²) in [6.45, 7) is 3.08. The Hall–Kier alpha value is -1.59. The number of halogens is 3. The molecule has 1 aromatic heterocycles. The molecule has 0 aliphatic carbocycles. The van der Waals surface area contributed by atoms with Gasteiger partial charge in [0.05, 0.1) is 11.8 Å². The van der Waals surface area contributed by atoms with Crippen molar-refractivity contribution < 1.29 is 18.0 Å². The first-order valence-electron chi connectivity index (χ1n) is 3.24. The first-order valence-corrected chi connectivity index (χ1v) is 3.24. The minimum Gasteiger partial charge on any atom is -0.289 e. The van der Waals surface area contributed by atoms with E-state index in [1.165, 1.54) is 0 Å². The fourth-order valence-electron chi connectivity index (χ4n) is 0.799. The fourth-order valence-corrected chi connectivity index (χ4v) is 0.799. The molecular formula is C7H5F3N2O. The van der Waals surface area contributed by atoms with E-state index < -0.39 is 23.2 Å². The van der Waals surface area contributed by atoms with E-state index in [0.29, 0.717) is 0 Å². The molecule has 0 saturated carbocycles. The Morgan fingerprint density at radius 3 is 2.69 bits per heavy atom. The number of alkyl halides is 3. The Bertz CT molecular complexity index is 340. The van der Waals surface area contributed by atoms with E-state index in [0.717, 1.165) is 12.3 Å². The average Bonchev–Trinajstić information content (AvgIpc) is 2.49. The van der Waals surface area contributed by atoms with Gasteiger partial charge in [0, 0.05) is 0 Å². The van der Waals surface area contributed by atoms with Crippen molar-refractivity contribution in [2.45, 2.75) is 6.18 Å². The van der Waals surface area contributed by atoms with Crippen molar-refractivity contribution in [1.82, 2.24) is 10.2 Å². The van der Waals surface area contributed by atoms with Crippen molar-refractivity contribution in [3.05, 3.63) is 30.1 Å². The molecule has 0 aliphatic heterocycles. The maximum atomic E-state index is 12.1. The normalized spacial score (nSPS) is 11.3. The molecule has 13 heavy (non-hydrogen) atoms. The molecule has 0 aromatic carbocycles. The monoisotopic (exact) mass is 190 g/mol. The number of aromatic amines is 1. The second kappa shape index (κ2) is 3.04. The maximum Gasteiger partial charge on any atom is 0.433 e. The molecule has 70 valence electrons. The van der Waals surface area contributed by atoms with Crippen LogP contribution < -0.4 is 0 Å². The van der Waals surface area contributed by atoms with Crippen molar-refractivity contribution in [3.8, 4) is 0 Å². The molecule has 0 amide bonds. The first kappa shape index (κ1) is 9.50. The van der Waals surface area contributed by atoms with Crippen LogP contribution in [-0.2, 0) is 6.18 Å². The lowest BCUT2D eigenvalue weighted by atomic mass is 10.1. The largest absolute Gasteiger partial charge is 0.433 e. The van der Waals surface area contributed by atoms with Crippen LogP contribution >= 0.6 is 0 Å². The maximum absolute atomic E-state index is 12.1. The van der Waals surface area contributed by atoms with Gasteiger partial charge >= 0.3 is 6.18 Å². The number of allylic oxidation sites excluding steroid dienone is 1. The van der Waals surface area contributed by atoms with E-state index in [9.17, 15) is 18.0 Å². The van der Waals surface area contributed by atoms with Gasteiger partial charge in [-0.3, -0.25) is 9.89 Å². The lowest BCUT2D eigenvalue weighted by molar-refractivity contribution is -0.141. The minimum absolute atomic E-state index is 0.512. The lowest BCUT2D eigenvalue weighted by Gasteiger charge is -2.03. The SMILES string of the molecule is C=CC(=O)c1cn[nH]c1C(F)(F)F. The zero-order chi connectivity index (χ0) is 10.1. The molecular weight excluding hydrogens is 185 g/mol. The smallest absolute Gasteiger partial charge is 0.289 e.